The Balaban J connectivity index is 2.97. The fourth-order valence-corrected chi connectivity index (χ4v) is 2.18. The second-order valence-corrected chi connectivity index (χ2v) is 5.20. The number of carbonyl (C=O) groups excluding carboxylic acids is 1. The smallest absolute Gasteiger partial charge is 0.337 e. The topological polar surface area (TPSA) is 92.4 Å². The number of amides is 1. The van der Waals surface area contributed by atoms with E-state index in [1.807, 2.05) is 6.92 Å². The highest BCUT2D eigenvalue weighted by Crippen LogP contribution is 2.30. The van der Waals surface area contributed by atoms with Crippen LogP contribution < -0.4 is 11.1 Å². The molecule has 1 rings (SSSR count). The van der Waals surface area contributed by atoms with Crippen LogP contribution in [-0.2, 0) is 4.79 Å². The zero-order valence-corrected chi connectivity index (χ0v) is 12.5. The fourth-order valence-electron chi connectivity index (χ4n) is 1.64. The molecule has 1 aromatic rings. The molecule has 0 aliphatic rings. The summed E-state index contributed by atoms with van der Waals surface area (Å²) >= 11 is 11.7. The van der Waals surface area contributed by atoms with Gasteiger partial charge >= 0.3 is 5.97 Å². The van der Waals surface area contributed by atoms with Crippen molar-refractivity contribution in [3.8, 4) is 0 Å². The minimum Gasteiger partial charge on any atom is -0.478 e. The van der Waals surface area contributed by atoms with Crippen LogP contribution in [0.1, 0.15) is 36.5 Å². The van der Waals surface area contributed by atoms with Gasteiger partial charge in [0.15, 0.2) is 0 Å². The molecule has 0 radical (unpaired) electrons. The Labute approximate surface area is 127 Å². The molecule has 110 valence electrons. The van der Waals surface area contributed by atoms with Gasteiger partial charge in [-0.2, -0.15) is 0 Å². The highest BCUT2D eigenvalue weighted by molar-refractivity contribution is 6.37. The van der Waals surface area contributed by atoms with E-state index >= 15 is 0 Å². The molecule has 1 atom stereocenters. The number of hydrogen-bond acceptors (Lipinski definition) is 3. The lowest BCUT2D eigenvalue weighted by atomic mass is 10.1. The second kappa shape index (κ2) is 7.47. The summed E-state index contributed by atoms with van der Waals surface area (Å²) in [6.45, 7) is 1.99. The number of carboxylic acids is 1. The van der Waals surface area contributed by atoms with Gasteiger partial charge in [-0.05, 0) is 18.6 Å². The molecule has 4 N–H and O–H groups in total. The Bertz CT molecular complexity index is 521. The summed E-state index contributed by atoms with van der Waals surface area (Å²) in [5.41, 5.74) is 5.58. The van der Waals surface area contributed by atoms with Crippen molar-refractivity contribution in [1.29, 1.82) is 0 Å². The molecular weight excluding hydrogens is 303 g/mol. The number of benzene rings is 1. The lowest BCUT2D eigenvalue weighted by molar-refractivity contribution is -0.117. The number of nitrogens with two attached hydrogens (primary N) is 1. The molecule has 0 bridgehead atoms. The minimum atomic E-state index is -1.23. The molecule has 1 aromatic carbocycles. The van der Waals surface area contributed by atoms with Gasteiger partial charge in [-0.1, -0.05) is 43.0 Å². The average molecular weight is 319 g/mol. The quantitative estimate of drug-likeness (QED) is 0.751. The number of halogens is 2. The van der Waals surface area contributed by atoms with E-state index in [1.54, 1.807) is 0 Å². The summed E-state index contributed by atoms with van der Waals surface area (Å²) in [6.07, 6.45) is 2.26. The molecular formula is C13H16Cl2N2O3. The minimum absolute atomic E-state index is 0.0144. The van der Waals surface area contributed by atoms with Gasteiger partial charge in [0.05, 0.1) is 22.3 Å². The first-order valence-electron chi connectivity index (χ1n) is 6.15. The highest BCUT2D eigenvalue weighted by atomic mass is 35.5. The van der Waals surface area contributed by atoms with E-state index in [-0.39, 0.29) is 21.3 Å². The predicted molar refractivity (Wildman–Crippen MR) is 79.6 cm³/mol. The second-order valence-electron chi connectivity index (χ2n) is 4.35. The standard InChI is InChI=1S/C13H16Cl2N2O3/c1-2-3-4-10(16)12(18)17-11-8(13(19)20)5-7(14)6-9(11)15/h5-6,10H,2-4,16H2,1H3,(H,17,18)(H,19,20). The number of unbranched alkanes of at least 4 members (excludes halogenated alkanes) is 1. The van der Waals surface area contributed by atoms with Crippen LogP contribution in [0.5, 0.6) is 0 Å². The molecule has 7 heteroatoms. The molecule has 0 heterocycles. The van der Waals surface area contributed by atoms with Crippen LogP contribution in [0.2, 0.25) is 10.0 Å². The van der Waals surface area contributed by atoms with E-state index in [9.17, 15) is 9.59 Å². The Morgan fingerprint density at radius 2 is 2.05 bits per heavy atom. The van der Waals surface area contributed by atoms with Crippen LogP contribution in [0.4, 0.5) is 5.69 Å². The Kier molecular flexibility index (Phi) is 6.26. The maximum atomic E-state index is 11.9. The van der Waals surface area contributed by atoms with Gasteiger partial charge < -0.3 is 16.2 Å². The summed E-state index contributed by atoms with van der Waals surface area (Å²) in [7, 11) is 0. The third kappa shape index (κ3) is 4.37. The van der Waals surface area contributed by atoms with Crippen LogP contribution in [0.3, 0.4) is 0 Å². The van der Waals surface area contributed by atoms with E-state index in [0.29, 0.717) is 6.42 Å². The first-order valence-corrected chi connectivity index (χ1v) is 6.91. The Hall–Kier alpha value is -1.30. The van der Waals surface area contributed by atoms with Crippen LogP contribution >= 0.6 is 23.2 Å². The molecule has 0 saturated heterocycles. The van der Waals surface area contributed by atoms with Gasteiger partial charge in [0.25, 0.3) is 0 Å². The van der Waals surface area contributed by atoms with Gasteiger partial charge in [-0.25, -0.2) is 4.79 Å². The summed E-state index contributed by atoms with van der Waals surface area (Å²) in [4.78, 5) is 23.1. The summed E-state index contributed by atoms with van der Waals surface area (Å²) < 4.78 is 0. The fraction of sp³-hybridized carbons (Fsp3) is 0.385. The molecule has 0 aliphatic carbocycles. The monoisotopic (exact) mass is 318 g/mol. The van der Waals surface area contributed by atoms with E-state index in [1.165, 1.54) is 12.1 Å². The first kappa shape index (κ1) is 16.8. The van der Waals surface area contributed by atoms with E-state index in [4.69, 9.17) is 34.0 Å². The Morgan fingerprint density at radius 3 is 2.60 bits per heavy atom. The van der Waals surface area contributed by atoms with Crippen molar-refractivity contribution in [3.05, 3.63) is 27.7 Å². The largest absolute Gasteiger partial charge is 0.478 e. The van der Waals surface area contributed by atoms with Crippen LogP contribution in [0, 0.1) is 0 Å². The molecule has 0 aromatic heterocycles. The normalized spacial score (nSPS) is 12.0. The molecule has 5 nitrogen and oxygen atoms in total. The molecule has 0 saturated carbocycles. The van der Waals surface area contributed by atoms with Crippen molar-refractivity contribution in [3.63, 3.8) is 0 Å². The van der Waals surface area contributed by atoms with Crippen molar-refractivity contribution in [2.24, 2.45) is 5.73 Å². The molecule has 0 aliphatic heterocycles. The van der Waals surface area contributed by atoms with E-state index in [0.717, 1.165) is 12.8 Å². The maximum absolute atomic E-state index is 11.9. The molecule has 0 fully saturated rings. The van der Waals surface area contributed by atoms with Crippen molar-refractivity contribution < 1.29 is 14.7 Å². The van der Waals surface area contributed by atoms with Crippen molar-refractivity contribution >= 4 is 40.8 Å². The van der Waals surface area contributed by atoms with Crippen LogP contribution in [-0.4, -0.2) is 23.0 Å². The van der Waals surface area contributed by atoms with E-state index in [2.05, 4.69) is 5.32 Å². The zero-order valence-electron chi connectivity index (χ0n) is 11.0. The van der Waals surface area contributed by atoms with Gasteiger partial charge in [-0.3, -0.25) is 4.79 Å². The number of carbonyl (C=O) groups is 2. The molecule has 0 spiro atoms. The third-order valence-corrected chi connectivity index (χ3v) is 3.26. The average Bonchev–Trinajstić information content (AvgIpc) is 2.38. The van der Waals surface area contributed by atoms with Gasteiger partial charge in [0.1, 0.15) is 0 Å². The molecule has 20 heavy (non-hydrogen) atoms. The number of nitrogens with one attached hydrogen (secondary N) is 1. The van der Waals surface area contributed by atoms with Gasteiger partial charge in [0, 0.05) is 5.02 Å². The number of rotatable bonds is 6. The van der Waals surface area contributed by atoms with Crippen molar-refractivity contribution in [2.75, 3.05) is 5.32 Å². The number of anilines is 1. The van der Waals surface area contributed by atoms with Crippen LogP contribution in [0.25, 0.3) is 0 Å². The lowest BCUT2D eigenvalue weighted by Gasteiger charge is -2.15. The molecule has 1 unspecified atom stereocenters. The summed E-state index contributed by atoms with van der Waals surface area (Å²) in [6, 6.07) is 1.88. The first-order chi connectivity index (χ1) is 9.36. The lowest BCUT2D eigenvalue weighted by Crippen LogP contribution is -2.36. The third-order valence-electron chi connectivity index (χ3n) is 2.74. The highest BCUT2D eigenvalue weighted by Gasteiger charge is 2.20. The van der Waals surface area contributed by atoms with Crippen molar-refractivity contribution in [1.82, 2.24) is 0 Å². The SMILES string of the molecule is CCCCC(N)C(=O)Nc1c(Cl)cc(Cl)cc1C(=O)O. The number of carboxylic acid groups (broad SMARTS) is 1. The van der Waals surface area contributed by atoms with Crippen molar-refractivity contribution in [2.45, 2.75) is 32.2 Å². The number of hydrogen-bond donors (Lipinski definition) is 3. The van der Waals surface area contributed by atoms with Gasteiger partial charge in [0.2, 0.25) is 5.91 Å². The Morgan fingerprint density at radius 1 is 1.40 bits per heavy atom. The molecule has 1 amide bonds. The number of aromatic carboxylic acids is 1. The summed E-state index contributed by atoms with van der Waals surface area (Å²) in [5.74, 6) is -1.70. The zero-order chi connectivity index (χ0) is 15.3. The van der Waals surface area contributed by atoms with Crippen LogP contribution in [0.15, 0.2) is 12.1 Å². The maximum Gasteiger partial charge on any atom is 0.337 e. The predicted octanol–water partition coefficient (Wildman–Crippen LogP) is 3.15. The van der Waals surface area contributed by atoms with E-state index < -0.39 is 17.9 Å². The van der Waals surface area contributed by atoms with Gasteiger partial charge in [-0.15, -0.1) is 0 Å². The summed E-state index contributed by atoms with van der Waals surface area (Å²) in [5, 5.41) is 11.8.